The van der Waals surface area contributed by atoms with Gasteiger partial charge in [0.05, 0.1) is 6.04 Å². The van der Waals surface area contributed by atoms with Crippen molar-refractivity contribution in [3.05, 3.63) is 23.4 Å². The van der Waals surface area contributed by atoms with Crippen molar-refractivity contribution in [3.63, 3.8) is 0 Å². The van der Waals surface area contributed by atoms with E-state index in [4.69, 9.17) is 4.99 Å². The highest BCUT2D eigenvalue weighted by Gasteiger charge is 2.24. The number of amidine groups is 1. The van der Waals surface area contributed by atoms with E-state index in [1.54, 1.807) is 0 Å². The molecule has 1 aliphatic rings. The van der Waals surface area contributed by atoms with Gasteiger partial charge in [0.15, 0.2) is 0 Å². The van der Waals surface area contributed by atoms with Gasteiger partial charge in [0.2, 0.25) is 0 Å². The predicted octanol–water partition coefficient (Wildman–Crippen LogP) is 4.05. The van der Waals surface area contributed by atoms with Gasteiger partial charge in [0, 0.05) is 5.70 Å². The summed E-state index contributed by atoms with van der Waals surface area (Å²) in [4.78, 5) is 4.85. The molecule has 2 nitrogen and oxygen atoms in total. The summed E-state index contributed by atoms with van der Waals surface area (Å²) in [5.74, 6) is 1.78. The molecule has 0 unspecified atom stereocenters. The maximum Gasteiger partial charge on any atom is 0.128 e. The van der Waals surface area contributed by atoms with E-state index in [0.29, 0.717) is 6.04 Å². The van der Waals surface area contributed by atoms with Crippen LogP contribution in [0.1, 0.15) is 53.9 Å². The minimum atomic E-state index is 0.417. The Kier molecular flexibility index (Phi) is 4.98. The molecule has 1 fully saturated rings. The Balaban J connectivity index is 2.84. The summed E-state index contributed by atoms with van der Waals surface area (Å²) in [7, 11) is 0. The average molecular weight is 234 g/mol. The fourth-order valence-electron chi connectivity index (χ4n) is 1.89. The van der Waals surface area contributed by atoms with E-state index in [1.807, 2.05) is 6.92 Å². The summed E-state index contributed by atoms with van der Waals surface area (Å²) in [5, 5.41) is 3.29. The van der Waals surface area contributed by atoms with Crippen molar-refractivity contribution < 1.29 is 0 Å². The van der Waals surface area contributed by atoms with Gasteiger partial charge in [-0.05, 0) is 59.0 Å². The molecular formula is C15H26N2. The molecule has 0 saturated heterocycles. The first-order valence-corrected chi connectivity index (χ1v) is 6.56. The zero-order valence-electron chi connectivity index (χ0n) is 11.9. The zero-order chi connectivity index (χ0) is 13.0. The second kappa shape index (κ2) is 6.04. The Morgan fingerprint density at radius 1 is 1.24 bits per heavy atom. The van der Waals surface area contributed by atoms with Gasteiger partial charge >= 0.3 is 0 Å². The van der Waals surface area contributed by atoms with Gasteiger partial charge in [0.25, 0.3) is 0 Å². The number of hydrogen-bond acceptors (Lipinski definition) is 1. The molecule has 2 heteroatoms. The lowest BCUT2D eigenvalue weighted by Crippen LogP contribution is -2.29. The van der Waals surface area contributed by atoms with Gasteiger partial charge in [-0.1, -0.05) is 18.6 Å². The molecule has 1 N–H and O–H groups in total. The second-order valence-corrected chi connectivity index (χ2v) is 5.44. The molecule has 1 saturated carbocycles. The zero-order valence-corrected chi connectivity index (χ0v) is 11.9. The first kappa shape index (κ1) is 14.0. The lowest BCUT2D eigenvalue weighted by molar-refractivity contribution is 0.274. The third-order valence-corrected chi connectivity index (χ3v) is 3.60. The molecule has 0 amide bonds. The molecule has 1 atom stereocenters. The van der Waals surface area contributed by atoms with Crippen LogP contribution in [0, 0.1) is 5.92 Å². The molecule has 0 heterocycles. The average Bonchev–Trinajstić information content (AvgIpc) is 2.11. The number of aliphatic imine (C=N–C) groups is 1. The van der Waals surface area contributed by atoms with E-state index in [0.717, 1.165) is 17.5 Å². The SMILES string of the molecule is C=C(C)NC(=N[C@H](C)C1CCC1)C(C)=C(C)C. The minimum Gasteiger partial charge on any atom is -0.345 e. The molecule has 96 valence electrons. The first-order valence-electron chi connectivity index (χ1n) is 6.56. The normalized spacial score (nSPS) is 18.3. The van der Waals surface area contributed by atoms with Crippen molar-refractivity contribution in [1.29, 1.82) is 0 Å². The topological polar surface area (TPSA) is 24.4 Å². The summed E-state index contributed by atoms with van der Waals surface area (Å²) in [6, 6.07) is 0.417. The van der Waals surface area contributed by atoms with Crippen LogP contribution in [-0.2, 0) is 0 Å². The molecule has 0 radical (unpaired) electrons. The Hall–Kier alpha value is -1.05. The van der Waals surface area contributed by atoms with E-state index >= 15 is 0 Å². The summed E-state index contributed by atoms with van der Waals surface area (Å²) in [6.45, 7) is 14.5. The molecule has 0 bridgehead atoms. The van der Waals surface area contributed by atoms with Crippen LogP contribution in [0.2, 0.25) is 0 Å². The van der Waals surface area contributed by atoms with Crippen LogP contribution in [0.15, 0.2) is 28.4 Å². The molecule has 0 aromatic rings. The van der Waals surface area contributed by atoms with Crippen molar-refractivity contribution in [2.75, 3.05) is 0 Å². The minimum absolute atomic E-state index is 0.417. The largest absolute Gasteiger partial charge is 0.345 e. The molecule has 0 aromatic carbocycles. The number of rotatable bonds is 4. The van der Waals surface area contributed by atoms with Crippen molar-refractivity contribution in [2.24, 2.45) is 10.9 Å². The van der Waals surface area contributed by atoms with Gasteiger partial charge < -0.3 is 5.32 Å². The Bertz CT molecular complexity index is 342. The van der Waals surface area contributed by atoms with Crippen LogP contribution in [0.4, 0.5) is 0 Å². The molecule has 0 aliphatic heterocycles. The van der Waals surface area contributed by atoms with Crippen molar-refractivity contribution in [3.8, 4) is 0 Å². The molecular weight excluding hydrogens is 208 g/mol. The third-order valence-electron chi connectivity index (χ3n) is 3.60. The summed E-state index contributed by atoms with van der Waals surface area (Å²) >= 11 is 0. The highest BCUT2D eigenvalue weighted by molar-refractivity contribution is 5.99. The van der Waals surface area contributed by atoms with Crippen LogP contribution in [0.5, 0.6) is 0 Å². The van der Waals surface area contributed by atoms with Gasteiger partial charge in [-0.3, -0.25) is 4.99 Å². The molecule has 0 spiro atoms. The summed E-state index contributed by atoms with van der Waals surface area (Å²) < 4.78 is 0. The van der Waals surface area contributed by atoms with E-state index in [2.05, 4.69) is 39.6 Å². The van der Waals surface area contributed by atoms with Crippen LogP contribution < -0.4 is 5.32 Å². The van der Waals surface area contributed by atoms with Crippen molar-refractivity contribution in [1.82, 2.24) is 5.32 Å². The second-order valence-electron chi connectivity index (χ2n) is 5.44. The molecule has 1 rings (SSSR count). The first-order chi connectivity index (χ1) is 7.91. The number of nitrogens with zero attached hydrogens (tertiary/aromatic N) is 1. The fraction of sp³-hybridized carbons (Fsp3) is 0.667. The van der Waals surface area contributed by atoms with Gasteiger partial charge in [-0.2, -0.15) is 0 Å². The van der Waals surface area contributed by atoms with Gasteiger partial charge in [-0.25, -0.2) is 0 Å². The lowest BCUT2D eigenvalue weighted by Gasteiger charge is -2.29. The Morgan fingerprint density at radius 3 is 2.18 bits per heavy atom. The Morgan fingerprint density at radius 2 is 1.82 bits per heavy atom. The van der Waals surface area contributed by atoms with Crippen molar-refractivity contribution in [2.45, 2.75) is 59.9 Å². The van der Waals surface area contributed by atoms with Crippen molar-refractivity contribution >= 4 is 5.84 Å². The standard InChI is InChI=1S/C15H26N2/c1-10(2)12(5)15(16-11(3)4)17-13(6)14-8-7-9-14/h13-14H,3,7-9H2,1-2,4-6H3,(H,16,17)/t13-/m1/s1. The molecule has 0 aromatic heterocycles. The highest BCUT2D eigenvalue weighted by atomic mass is 15.0. The monoisotopic (exact) mass is 234 g/mol. The number of allylic oxidation sites excluding steroid dienone is 2. The smallest absolute Gasteiger partial charge is 0.128 e. The van der Waals surface area contributed by atoms with Gasteiger partial charge in [-0.15, -0.1) is 0 Å². The Labute approximate surface area is 106 Å². The van der Waals surface area contributed by atoms with Crippen LogP contribution >= 0.6 is 0 Å². The van der Waals surface area contributed by atoms with E-state index in [1.165, 1.54) is 30.4 Å². The third kappa shape index (κ3) is 4.03. The highest BCUT2D eigenvalue weighted by Crippen LogP contribution is 2.31. The predicted molar refractivity (Wildman–Crippen MR) is 76.2 cm³/mol. The fourth-order valence-corrected chi connectivity index (χ4v) is 1.89. The van der Waals surface area contributed by atoms with E-state index < -0.39 is 0 Å². The molecule has 17 heavy (non-hydrogen) atoms. The number of nitrogens with one attached hydrogen (secondary N) is 1. The van der Waals surface area contributed by atoms with E-state index in [-0.39, 0.29) is 0 Å². The van der Waals surface area contributed by atoms with E-state index in [9.17, 15) is 0 Å². The van der Waals surface area contributed by atoms with Crippen LogP contribution in [-0.4, -0.2) is 11.9 Å². The van der Waals surface area contributed by atoms with Gasteiger partial charge in [0.1, 0.15) is 5.84 Å². The summed E-state index contributed by atoms with van der Waals surface area (Å²) in [6.07, 6.45) is 4.03. The van der Waals surface area contributed by atoms with Crippen LogP contribution in [0.3, 0.4) is 0 Å². The molecule has 1 aliphatic carbocycles. The lowest BCUT2D eigenvalue weighted by atomic mass is 9.80. The quantitative estimate of drug-likeness (QED) is 0.576. The summed E-state index contributed by atoms with van der Waals surface area (Å²) in [5.41, 5.74) is 3.49. The van der Waals surface area contributed by atoms with Crippen LogP contribution in [0.25, 0.3) is 0 Å². The number of hydrogen-bond donors (Lipinski definition) is 1. The maximum atomic E-state index is 4.85. The maximum absolute atomic E-state index is 4.85.